The Morgan fingerprint density at radius 3 is 2.48 bits per heavy atom. The summed E-state index contributed by atoms with van der Waals surface area (Å²) in [6.07, 6.45) is 1.71. The molecule has 0 bridgehead atoms. The molecule has 0 unspecified atom stereocenters. The second-order valence-electron chi connectivity index (χ2n) is 4.99. The molecule has 0 spiro atoms. The van der Waals surface area contributed by atoms with Crippen molar-refractivity contribution in [3.05, 3.63) is 28.9 Å². The number of hydrogen-bond donors (Lipinski definition) is 0. The molecule has 0 saturated heterocycles. The monoisotopic (exact) mass is 312 g/mol. The number of aromatic nitrogens is 3. The SMILES string of the molecule is CCn1ncc(CN(C)S(=O)(=O)c2c(C)noc2C)c1C. The van der Waals surface area contributed by atoms with Gasteiger partial charge >= 0.3 is 0 Å². The van der Waals surface area contributed by atoms with Crippen LogP contribution in [0.25, 0.3) is 0 Å². The first kappa shape index (κ1) is 15.7. The maximum Gasteiger partial charge on any atom is 0.248 e. The average Bonchev–Trinajstić information content (AvgIpc) is 2.93. The van der Waals surface area contributed by atoms with Gasteiger partial charge in [-0.2, -0.15) is 9.40 Å². The average molecular weight is 312 g/mol. The first-order chi connectivity index (χ1) is 9.78. The summed E-state index contributed by atoms with van der Waals surface area (Å²) in [5, 5.41) is 7.94. The number of rotatable bonds is 5. The van der Waals surface area contributed by atoms with Gasteiger partial charge in [0.2, 0.25) is 10.0 Å². The Morgan fingerprint density at radius 2 is 2.00 bits per heavy atom. The van der Waals surface area contributed by atoms with Crippen molar-refractivity contribution in [3.8, 4) is 0 Å². The highest BCUT2D eigenvalue weighted by atomic mass is 32.2. The fourth-order valence-electron chi connectivity index (χ4n) is 2.28. The normalized spacial score (nSPS) is 12.3. The van der Waals surface area contributed by atoms with Crippen LogP contribution in [0.4, 0.5) is 0 Å². The number of sulfonamides is 1. The van der Waals surface area contributed by atoms with Gasteiger partial charge in [-0.15, -0.1) is 0 Å². The molecule has 116 valence electrons. The Balaban J connectivity index is 2.31. The van der Waals surface area contributed by atoms with Crippen LogP contribution in [0.2, 0.25) is 0 Å². The van der Waals surface area contributed by atoms with E-state index in [2.05, 4.69) is 10.3 Å². The Bertz CT molecular complexity index is 726. The molecule has 8 heteroatoms. The predicted octanol–water partition coefficient (Wildman–Crippen LogP) is 1.64. The third-order valence-corrected chi connectivity index (χ3v) is 5.58. The second kappa shape index (κ2) is 5.61. The summed E-state index contributed by atoms with van der Waals surface area (Å²) in [4.78, 5) is 0.144. The fraction of sp³-hybridized carbons (Fsp3) is 0.538. The second-order valence-corrected chi connectivity index (χ2v) is 6.97. The zero-order chi connectivity index (χ0) is 15.8. The van der Waals surface area contributed by atoms with Crippen molar-refractivity contribution >= 4 is 10.0 Å². The molecule has 2 heterocycles. The zero-order valence-corrected chi connectivity index (χ0v) is 13.7. The minimum atomic E-state index is -3.63. The van der Waals surface area contributed by atoms with Crippen molar-refractivity contribution in [2.45, 2.75) is 45.7 Å². The molecule has 0 radical (unpaired) electrons. The first-order valence-electron chi connectivity index (χ1n) is 6.69. The predicted molar refractivity (Wildman–Crippen MR) is 77.3 cm³/mol. The molecule has 2 aromatic heterocycles. The summed E-state index contributed by atoms with van der Waals surface area (Å²) in [7, 11) is -2.08. The molecule has 2 aromatic rings. The minimum absolute atomic E-state index is 0.144. The first-order valence-corrected chi connectivity index (χ1v) is 8.13. The summed E-state index contributed by atoms with van der Waals surface area (Å²) in [6.45, 7) is 8.17. The lowest BCUT2D eigenvalue weighted by Gasteiger charge is -2.16. The molecule has 2 rings (SSSR count). The van der Waals surface area contributed by atoms with E-state index in [9.17, 15) is 8.42 Å². The largest absolute Gasteiger partial charge is 0.360 e. The molecule has 0 fully saturated rings. The molecular formula is C13H20N4O3S. The van der Waals surface area contributed by atoms with Crippen LogP contribution in [0.15, 0.2) is 15.6 Å². The fourth-order valence-corrected chi connectivity index (χ4v) is 3.71. The van der Waals surface area contributed by atoms with E-state index < -0.39 is 10.0 Å². The van der Waals surface area contributed by atoms with Gasteiger partial charge in [0.15, 0.2) is 5.76 Å². The van der Waals surface area contributed by atoms with Gasteiger partial charge in [-0.3, -0.25) is 4.68 Å². The summed E-state index contributed by atoms with van der Waals surface area (Å²) in [5.41, 5.74) is 2.23. The molecule has 0 atom stereocenters. The van der Waals surface area contributed by atoms with Crippen molar-refractivity contribution < 1.29 is 12.9 Å². The molecule has 0 saturated carbocycles. The van der Waals surface area contributed by atoms with Crippen LogP contribution >= 0.6 is 0 Å². The molecule has 0 N–H and O–H groups in total. The summed E-state index contributed by atoms with van der Waals surface area (Å²) < 4.78 is 33.3. The maximum absolute atomic E-state index is 12.6. The third-order valence-electron chi connectivity index (χ3n) is 3.53. The van der Waals surface area contributed by atoms with Crippen molar-refractivity contribution in [2.24, 2.45) is 0 Å². The highest BCUT2D eigenvalue weighted by Crippen LogP contribution is 2.24. The topological polar surface area (TPSA) is 81.2 Å². The lowest BCUT2D eigenvalue weighted by atomic mass is 10.2. The van der Waals surface area contributed by atoms with E-state index in [1.807, 2.05) is 18.5 Å². The van der Waals surface area contributed by atoms with Gasteiger partial charge in [-0.1, -0.05) is 5.16 Å². The Hall–Kier alpha value is -1.67. The van der Waals surface area contributed by atoms with Crippen LogP contribution in [0.5, 0.6) is 0 Å². The van der Waals surface area contributed by atoms with Gasteiger partial charge < -0.3 is 4.52 Å². The van der Waals surface area contributed by atoms with Gasteiger partial charge in [-0.05, 0) is 27.7 Å². The van der Waals surface area contributed by atoms with Crippen molar-refractivity contribution in [1.29, 1.82) is 0 Å². The van der Waals surface area contributed by atoms with E-state index in [1.54, 1.807) is 27.1 Å². The van der Waals surface area contributed by atoms with Crippen molar-refractivity contribution in [1.82, 2.24) is 19.2 Å². The van der Waals surface area contributed by atoms with E-state index >= 15 is 0 Å². The standard InChI is InChI=1S/C13H20N4O3S/c1-6-17-10(3)12(7-14-17)8-16(5)21(18,19)13-9(2)15-20-11(13)4/h7H,6,8H2,1-5H3. The van der Waals surface area contributed by atoms with Crippen LogP contribution in [-0.4, -0.2) is 34.7 Å². The molecular weight excluding hydrogens is 292 g/mol. The lowest BCUT2D eigenvalue weighted by Crippen LogP contribution is -2.27. The molecule has 7 nitrogen and oxygen atoms in total. The van der Waals surface area contributed by atoms with Gasteiger partial charge in [0.25, 0.3) is 0 Å². The number of hydrogen-bond acceptors (Lipinski definition) is 5. The van der Waals surface area contributed by atoms with Crippen molar-refractivity contribution in [3.63, 3.8) is 0 Å². The van der Waals surface area contributed by atoms with Crippen LogP contribution < -0.4 is 0 Å². The Labute approximate surface area is 124 Å². The maximum atomic E-state index is 12.6. The van der Waals surface area contributed by atoms with Crippen molar-refractivity contribution in [2.75, 3.05) is 7.05 Å². The summed E-state index contributed by atoms with van der Waals surface area (Å²) in [5.74, 6) is 0.306. The van der Waals surface area contributed by atoms with Gasteiger partial charge in [0.05, 0.1) is 6.20 Å². The van der Waals surface area contributed by atoms with Crippen LogP contribution in [0.1, 0.15) is 29.6 Å². The minimum Gasteiger partial charge on any atom is -0.360 e. The van der Waals surface area contributed by atoms with E-state index in [4.69, 9.17) is 4.52 Å². The van der Waals surface area contributed by atoms with E-state index in [0.717, 1.165) is 17.8 Å². The molecule has 0 amide bonds. The molecule has 0 aromatic carbocycles. The van der Waals surface area contributed by atoms with E-state index in [0.29, 0.717) is 11.5 Å². The van der Waals surface area contributed by atoms with Crippen LogP contribution in [-0.2, 0) is 23.1 Å². The lowest BCUT2D eigenvalue weighted by molar-refractivity contribution is 0.389. The zero-order valence-electron chi connectivity index (χ0n) is 12.9. The Morgan fingerprint density at radius 1 is 1.33 bits per heavy atom. The Kier molecular flexibility index (Phi) is 4.20. The quantitative estimate of drug-likeness (QED) is 0.838. The molecule has 0 aliphatic rings. The third kappa shape index (κ3) is 2.73. The summed E-state index contributed by atoms with van der Waals surface area (Å²) >= 11 is 0. The molecule has 0 aliphatic carbocycles. The van der Waals surface area contributed by atoms with Gasteiger partial charge in [0, 0.05) is 31.4 Å². The smallest absolute Gasteiger partial charge is 0.248 e. The van der Waals surface area contributed by atoms with Crippen LogP contribution in [0.3, 0.4) is 0 Å². The van der Waals surface area contributed by atoms with Gasteiger partial charge in [0.1, 0.15) is 10.6 Å². The number of aryl methyl sites for hydroxylation is 3. The summed E-state index contributed by atoms with van der Waals surface area (Å²) in [6, 6.07) is 0. The molecule has 21 heavy (non-hydrogen) atoms. The van der Waals surface area contributed by atoms with E-state index in [-0.39, 0.29) is 11.4 Å². The molecule has 0 aliphatic heterocycles. The highest BCUT2D eigenvalue weighted by molar-refractivity contribution is 7.89. The van der Waals surface area contributed by atoms with E-state index in [1.165, 1.54) is 4.31 Å². The van der Waals surface area contributed by atoms with Gasteiger partial charge in [-0.25, -0.2) is 8.42 Å². The number of nitrogens with zero attached hydrogens (tertiary/aromatic N) is 4. The highest BCUT2D eigenvalue weighted by Gasteiger charge is 2.29. The van der Waals surface area contributed by atoms with Crippen LogP contribution in [0, 0.1) is 20.8 Å².